The second-order valence-corrected chi connectivity index (χ2v) is 4.69. The molecule has 0 unspecified atom stereocenters. The number of rotatable bonds is 0. The van der Waals surface area contributed by atoms with Gasteiger partial charge >= 0.3 is 0 Å². The molecule has 2 heteroatoms. The van der Waals surface area contributed by atoms with Gasteiger partial charge in [0, 0.05) is 12.3 Å². The summed E-state index contributed by atoms with van der Waals surface area (Å²) in [6.45, 7) is 1.98. The largest absolute Gasteiger partial charge is 0.299 e. The normalized spacial score (nSPS) is 28.0. The Morgan fingerprint density at radius 1 is 1.27 bits per heavy atom. The van der Waals surface area contributed by atoms with Gasteiger partial charge in [-0.25, -0.2) is 4.39 Å². The Kier molecular flexibility index (Phi) is 1.76. The molecule has 3 aliphatic carbocycles. The van der Waals surface area contributed by atoms with Crippen LogP contribution in [0.5, 0.6) is 0 Å². The molecule has 2 bridgehead atoms. The van der Waals surface area contributed by atoms with Crippen LogP contribution in [0.3, 0.4) is 0 Å². The Balaban J connectivity index is 2.30. The zero-order valence-electron chi connectivity index (χ0n) is 8.72. The highest BCUT2D eigenvalue weighted by molar-refractivity contribution is 5.90. The van der Waals surface area contributed by atoms with Crippen LogP contribution in [-0.4, -0.2) is 5.78 Å². The van der Waals surface area contributed by atoms with E-state index in [1.807, 2.05) is 6.92 Å². The van der Waals surface area contributed by atoms with Crippen molar-refractivity contribution in [2.24, 2.45) is 0 Å². The summed E-state index contributed by atoms with van der Waals surface area (Å²) in [6, 6.07) is 3.33. The summed E-state index contributed by atoms with van der Waals surface area (Å²) >= 11 is 0. The number of carbonyl (C=O) groups is 1. The molecule has 0 radical (unpaired) electrons. The minimum atomic E-state index is -0.113. The molecular formula is C13H13FO. The average molecular weight is 204 g/mol. The number of hydrogen-bond donors (Lipinski definition) is 0. The molecule has 0 heterocycles. The Labute approximate surface area is 88.3 Å². The number of Topliss-reactive ketones (excluding diaryl/α,β-unsaturated/α-hetero) is 1. The molecule has 1 saturated carbocycles. The van der Waals surface area contributed by atoms with E-state index in [2.05, 4.69) is 0 Å². The number of benzene rings is 1. The van der Waals surface area contributed by atoms with E-state index in [0.29, 0.717) is 12.2 Å². The zero-order chi connectivity index (χ0) is 10.6. The van der Waals surface area contributed by atoms with Crippen LogP contribution in [0, 0.1) is 12.7 Å². The lowest BCUT2D eigenvalue weighted by atomic mass is 9.65. The first-order valence-electron chi connectivity index (χ1n) is 5.50. The average Bonchev–Trinajstić information content (AvgIpc) is 2.23. The molecule has 3 aliphatic rings. The van der Waals surface area contributed by atoms with E-state index in [9.17, 15) is 9.18 Å². The first-order chi connectivity index (χ1) is 7.18. The summed E-state index contributed by atoms with van der Waals surface area (Å²) in [5.74, 6) is 0.336. The minimum absolute atomic E-state index is 0.0132. The number of fused-ring (bicyclic) bond motifs is 2. The Hall–Kier alpha value is -1.18. The van der Waals surface area contributed by atoms with Crippen LogP contribution in [0.15, 0.2) is 12.1 Å². The predicted molar refractivity (Wildman–Crippen MR) is 55.5 cm³/mol. The molecule has 1 aromatic carbocycles. The van der Waals surface area contributed by atoms with E-state index < -0.39 is 0 Å². The maximum atomic E-state index is 13.7. The van der Waals surface area contributed by atoms with Gasteiger partial charge in [0.25, 0.3) is 0 Å². The third-order valence-electron chi connectivity index (χ3n) is 3.85. The highest BCUT2D eigenvalue weighted by Gasteiger charge is 2.40. The first kappa shape index (κ1) is 9.08. The van der Waals surface area contributed by atoms with Gasteiger partial charge in [-0.2, -0.15) is 0 Å². The number of hydrogen-bond acceptors (Lipinski definition) is 1. The third-order valence-corrected chi connectivity index (χ3v) is 3.85. The van der Waals surface area contributed by atoms with Gasteiger partial charge in [-0.1, -0.05) is 6.07 Å². The standard InChI is InChI=1S/C13H13FO/c1-7-2-5-10(14)13-8-3-4-9(12(7)13)11(15)6-8/h2,5,8-9H,3-4,6H2,1H3/t8-,9+/m1/s1. The van der Waals surface area contributed by atoms with E-state index in [4.69, 9.17) is 0 Å². The summed E-state index contributed by atoms with van der Waals surface area (Å²) < 4.78 is 13.7. The molecule has 0 amide bonds. The number of carbonyl (C=O) groups excluding carboxylic acids is 1. The van der Waals surface area contributed by atoms with Gasteiger partial charge in [-0.05, 0) is 48.4 Å². The number of halogens is 1. The van der Waals surface area contributed by atoms with Crippen LogP contribution in [0.2, 0.25) is 0 Å². The van der Waals surface area contributed by atoms with Crippen LogP contribution in [-0.2, 0) is 4.79 Å². The quantitative estimate of drug-likeness (QED) is 0.634. The molecule has 78 valence electrons. The monoisotopic (exact) mass is 204 g/mol. The van der Waals surface area contributed by atoms with Crippen molar-refractivity contribution in [1.29, 1.82) is 0 Å². The fraction of sp³-hybridized carbons (Fsp3) is 0.462. The molecule has 2 atom stereocenters. The van der Waals surface area contributed by atoms with Crippen LogP contribution in [0.25, 0.3) is 0 Å². The Morgan fingerprint density at radius 2 is 2.07 bits per heavy atom. The van der Waals surface area contributed by atoms with Gasteiger partial charge in [0.1, 0.15) is 11.6 Å². The Morgan fingerprint density at radius 3 is 2.80 bits per heavy atom. The fourth-order valence-electron chi connectivity index (χ4n) is 3.16. The van der Waals surface area contributed by atoms with Crippen molar-refractivity contribution in [1.82, 2.24) is 0 Å². The lowest BCUT2D eigenvalue weighted by molar-refractivity contribution is -0.123. The third kappa shape index (κ3) is 1.11. The highest BCUT2D eigenvalue weighted by atomic mass is 19.1. The van der Waals surface area contributed by atoms with Crippen LogP contribution in [0.4, 0.5) is 4.39 Å². The lowest BCUT2D eigenvalue weighted by Crippen LogP contribution is -2.31. The lowest BCUT2D eigenvalue weighted by Gasteiger charge is -2.38. The van der Waals surface area contributed by atoms with E-state index in [-0.39, 0.29) is 17.7 Å². The smallest absolute Gasteiger partial charge is 0.140 e. The molecular weight excluding hydrogens is 191 g/mol. The fourth-order valence-corrected chi connectivity index (χ4v) is 3.16. The maximum absolute atomic E-state index is 13.7. The second kappa shape index (κ2) is 2.91. The molecule has 1 nitrogen and oxygen atoms in total. The summed E-state index contributed by atoms with van der Waals surface area (Å²) in [5.41, 5.74) is 2.92. The summed E-state index contributed by atoms with van der Waals surface area (Å²) in [6.07, 6.45) is 2.45. The topological polar surface area (TPSA) is 17.1 Å². The van der Waals surface area contributed by atoms with Crippen LogP contribution < -0.4 is 0 Å². The SMILES string of the molecule is Cc1ccc(F)c2c1[C@H]1CC[C@@H]2CC1=O. The number of aryl methyl sites for hydroxylation is 1. The van der Waals surface area contributed by atoms with Crippen molar-refractivity contribution in [3.8, 4) is 0 Å². The maximum Gasteiger partial charge on any atom is 0.140 e. The van der Waals surface area contributed by atoms with Gasteiger partial charge in [0.15, 0.2) is 0 Å². The van der Waals surface area contributed by atoms with E-state index in [0.717, 1.165) is 29.5 Å². The predicted octanol–water partition coefficient (Wildman–Crippen LogP) is 3.07. The van der Waals surface area contributed by atoms with Gasteiger partial charge in [0.05, 0.1) is 0 Å². The molecule has 0 spiro atoms. The van der Waals surface area contributed by atoms with Crippen molar-refractivity contribution < 1.29 is 9.18 Å². The van der Waals surface area contributed by atoms with Crippen molar-refractivity contribution in [3.63, 3.8) is 0 Å². The highest BCUT2D eigenvalue weighted by Crippen LogP contribution is 2.49. The second-order valence-electron chi connectivity index (χ2n) is 4.69. The van der Waals surface area contributed by atoms with Crippen molar-refractivity contribution >= 4 is 5.78 Å². The molecule has 1 fully saturated rings. The molecule has 0 N–H and O–H groups in total. The first-order valence-corrected chi connectivity index (χ1v) is 5.50. The number of ketones is 1. The molecule has 0 aromatic heterocycles. The van der Waals surface area contributed by atoms with Crippen molar-refractivity contribution in [3.05, 3.63) is 34.6 Å². The van der Waals surface area contributed by atoms with E-state index in [1.54, 1.807) is 12.1 Å². The van der Waals surface area contributed by atoms with Gasteiger partial charge < -0.3 is 0 Å². The van der Waals surface area contributed by atoms with E-state index >= 15 is 0 Å². The minimum Gasteiger partial charge on any atom is -0.299 e. The van der Waals surface area contributed by atoms with Crippen LogP contribution >= 0.6 is 0 Å². The zero-order valence-corrected chi connectivity index (χ0v) is 8.72. The molecule has 0 aliphatic heterocycles. The van der Waals surface area contributed by atoms with Gasteiger partial charge in [-0.15, -0.1) is 0 Å². The summed E-state index contributed by atoms with van der Waals surface area (Å²) in [7, 11) is 0. The molecule has 1 aromatic rings. The van der Waals surface area contributed by atoms with E-state index in [1.165, 1.54) is 0 Å². The van der Waals surface area contributed by atoms with Gasteiger partial charge in [-0.3, -0.25) is 4.79 Å². The van der Waals surface area contributed by atoms with Crippen molar-refractivity contribution in [2.45, 2.75) is 38.0 Å². The summed E-state index contributed by atoms with van der Waals surface area (Å²) in [4.78, 5) is 11.8. The van der Waals surface area contributed by atoms with Crippen molar-refractivity contribution in [2.75, 3.05) is 0 Å². The Bertz CT molecular complexity index is 450. The van der Waals surface area contributed by atoms with Crippen LogP contribution in [0.1, 0.15) is 47.8 Å². The molecule has 0 saturated heterocycles. The summed E-state index contributed by atoms with van der Waals surface area (Å²) in [5, 5.41) is 0. The molecule has 4 rings (SSSR count). The molecule has 15 heavy (non-hydrogen) atoms. The van der Waals surface area contributed by atoms with Gasteiger partial charge in [0.2, 0.25) is 0 Å².